The molecule has 0 unspecified atom stereocenters. The highest BCUT2D eigenvalue weighted by Crippen LogP contribution is 2.42. The fourth-order valence-corrected chi connectivity index (χ4v) is 5.37. The number of halogens is 1. The highest BCUT2D eigenvalue weighted by Gasteiger charge is 2.38. The molecule has 4 fully saturated rings. The van der Waals surface area contributed by atoms with Crippen LogP contribution >= 0.6 is 0 Å². The Morgan fingerprint density at radius 1 is 0.966 bits per heavy atom. The summed E-state index contributed by atoms with van der Waals surface area (Å²) in [6, 6.07) is 9.07. The molecule has 5 aliphatic rings. The fourth-order valence-electron chi connectivity index (χ4n) is 5.37. The summed E-state index contributed by atoms with van der Waals surface area (Å²) in [5.41, 5.74) is 3.92. The SMILES string of the molecule is Fc1cccc(N2CCCCC2)c1.c1cc(N2CC3CC(C3)C2)c2c(n1)NCC2. The lowest BCUT2D eigenvalue weighted by Crippen LogP contribution is -2.48. The molecule has 1 N–H and O–H groups in total. The Balaban J connectivity index is 0.000000129. The minimum Gasteiger partial charge on any atom is -0.371 e. The van der Waals surface area contributed by atoms with Crippen molar-refractivity contribution in [2.75, 3.05) is 47.8 Å². The molecule has 5 heteroatoms. The van der Waals surface area contributed by atoms with Crippen LogP contribution < -0.4 is 15.1 Å². The molecule has 4 nitrogen and oxygen atoms in total. The maximum Gasteiger partial charge on any atom is 0.131 e. The Bertz CT molecular complexity index is 833. The maximum absolute atomic E-state index is 12.9. The smallest absolute Gasteiger partial charge is 0.131 e. The van der Waals surface area contributed by atoms with Crippen LogP contribution in [0.4, 0.5) is 21.6 Å². The van der Waals surface area contributed by atoms with Gasteiger partial charge in [0.15, 0.2) is 0 Å². The molecule has 29 heavy (non-hydrogen) atoms. The fraction of sp³-hybridized carbons (Fsp3) is 0.542. The van der Waals surface area contributed by atoms with Gasteiger partial charge in [-0.3, -0.25) is 0 Å². The summed E-state index contributed by atoms with van der Waals surface area (Å²) in [6.07, 6.45) is 9.82. The number of fused-ring (bicyclic) bond motifs is 3. The molecule has 2 bridgehead atoms. The third-order valence-electron chi connectivity index (χ3n) is 6.86. The van der Waals surface area contributed by atoms with E-state index in [0.29, 0.717) is 0 Å². The predicted octanol–water partition coefficient (Wildman–Crippen LogP) is 4.71. The van der Waals surface area contributed by atoms with Crippen molar-refractivity contribution in [3.63, 3.8) is 0 Å². The van der Waals surface area contributed by atoms with Gasteiger partial charge in [0.2, 0.25) is 0 Å². The number of nitrogens with one attached hydrogen (secondary N) is 1. The second kappa shape index (κ2) is 8.21. The third kappa shape index (κ3) is 4.05. The minimum atomic E-state index is -0.136. The molecular weight excluding hydrogens is 363 g/mol. The molecule has 4 aliphatic heterocycles. The number of rotatable bonds is 2. The lowest BCUT2D eigenvalue weighted by atomic mass is 9.71. The van der Waals surface area contributed by atoms with Gasteiger partial charge in [-0.15, -0.1) is 0 Å². The minimum absolute atomic E-state index is 0.136. The second-order valence-electron chi connectivity index (χ2n) is 8.97. The first-order valence-corrected chi connectivity index (χ1v) is 11.2. The summed E-state index contributed by atoms with van der Waals surface area (Å²) >= 11 is 0. The van der Waals surface area contributed by atoms with Gasteiger partial charge >= 0.3 is 0 Å². The number of hydrogen-bond donors (Lipinski definition) is 1. The Morgan fingerprint density at radius 2 is 1.76 bits per heavy atom. The third-order valence-corrected chi connectivity index (χ3v) is 6.86. The highest BCUT2D eigenvalue weighted by atomic mass is 19.1. The number of aromatic nitrogens is 1. The van der Waals surface area contributed by atoms with Crippen LogP contribution in [0.3, 0.4) is 0 Å². The van der Waals surface area contributed by atoms with Gasteiger partial charge in [-0.05, 0) is 74.6 Å². The highest BCUT2D eigenvalue weighted by molar-refractivity contribution is 5.66. The zero-order valence-electron chi connectivity index (χ0n) is 17.1. The van der Waals surface area contributed by atoms with Crippen LogP contribution in [0.1, 0.15) is 37.7 Å². The average molecular weight is 395 g/mol. The number of anilines is 3. The normalized spacial score (nSPS) is 24.7. The number of piperidine rings is 3. The summed E-state index contributed by atoms with van der Waals surface area (Å²) < 4.78 is 12.9. The molecule has 0 atom stereocenters. The second-order valence-corrected chi connectivity index (χ2v) is 8.97. The van der Waals surface area contributed by atoms with Gasteiger partial charge in [0.1, 0.15) is 11.6 Å². The molecule has 1 aliphatic carbocycles. The van der Waals surface area contributed by atoms with E-state index < -0.39 is 0 Å². The first kappa shape index (κ1) is 18.7. The van der Waals surface area contributed by atoms with Crippen LogP contribution in [0.5, 0.6) is 0 Å². The molecule has 1 saturated carbocycles. The zero-order chi connectivity index (χ0) is 19.6. The van der Waals surface area contributed by atoms with Gasteiger partial charge in [0, 0.05) is 55.9 Å². The van der Waals surface area contributed by atoms with Gasteiger partial charge in [0.05, 0.1) is 0 Å². The first-order valence-electron chi connectivity index (χ1n) is 11.2. The number of hydrogen-bond acceptors (Lipinski definition) is 4. The van der Waals surface area contributed by atoms with Crippen molar-refractivity contribution in [2.45, 2.75) is 38.5 Å². The van der Waals surface area contributed by atoms with Gasteiger partial charge in [0.25, 0.3) is 0 Å². The van der Waals surface area contributed by atoms with E-state index in [1.54, 1.807) is 12.1 Å². The Kier molecular flexibility index (Phi) is 5.30. The molecule has 5 heterocycles. The Morgan fingerprint density at radius 3 is 2.52 bits per heavy atom. The lowest BCUT2D eigenvalue weighted by molar-refractivity contribution is 0.159. The molecular formula is C24H31FN4. The summed E-state index contributed by atoms with van der Waals surface area (Å²) in [5.74, 6) is 2.92. The van der Waals surface area contributed by atoms with E-state index >= 15 is 0 Å². The predicted molar refractivity (Wildman–Crippen MR) is 117 cm³/mol. The first-order chi connectivity index (χ1) is 14.3. The van der Waals surface area contributed by atoms with E-state index in [-0.39, 0.29) is 5.82 Å². The van der Waals surface area contributed by atoms with Crippen LogP contribution in [0.2, 0.25) is 0 Å². The summed E-state index contributed by atoms with van der Waals surface area (Å²) in [4.78, 5) is 9.26. The average Bonchev–Trinajstić information content (AvgIpc) is 3.23. The molecule has 0 amide bonds. The zero-order valence-corrected chi connectivity index (χ0v) is 17.1. The molecule has 2 aromatic rings. The number of benzene rings is 1. The van der Waals surface area contributed by atoms with E-state index in [2.05, 4.69) is 26.2 Å². The van der Waals surface area contributed by atoms with E-state index in [0.717, 1.165) is 49.4 Å². The summed E-state index contributed by atoms with van der Waals surface area (Å²) in [6.45, 7) is 5.74. The molecule has 1 aromatic heterocycles. The van der Waals surface area contributed by atoms with Crippen molar-refractivity contribution >= 4 is 17.2 Å². The number of nitrogens with zero attached hydrogens (tertiary/aromatic N) is 3. The molecule has 7 rings (SSSR count). The largest absolute Gasteiger partial charge is 0.371 e. The van der Waals surface area contributed by atoms with E-state index in [9.17, 15) is 4.39 Å². The Hall–Kier alpha value is -2.30. The molecule has 0 radical (unpaired) electrons. The number of pyridine rings is 1. The van der Waals surface area contributed by atoms with Gasteiger partial charge < -0.3 is 15.1 Å². The van der Waals surface area contributed by atoms with Gasteiger partial charge in [-0.25, -0.2) is 9.37 Å². The van der Waals surface area contributed by atoms with Crippen molar-refractivity contribution in [2.24, 2.45) is 11.8 Å². The Labute approximate surface area is 173 Å². The van der Waals surface area contributed by atoms with E-state index in [1.807, 2.05) is 12.3 Å². The van der Waals surface area contributed by atoms with Crippen molar-refractivity contribution in [1.82, 2.24) is 4.98 Å². The van der Waals surface area contributed by atoms with E-state index in [1.165, 1.54) is 62.5 Å². The molecule has 154 valence electrons. The van der Waals surface area contributed by atoms with Crippen LogP contribution in [-0.4, -0.2) is 37.7 Å². The maximum atomic E-state index is 12.9. The van der Waals surface area contributed by atoms with Crippen molar-refractivity contribution in [1.29, 1.82) is 0 Å². The van der Waals surface area contributed by atoms with Gasteiger partial charge in [-0.1, -0.05) is 6.07 Å². The summed E-state index contributed by atoms with van der Waals surface area (Å²) in [7, 11) is 0. The van der Waals surface area contributed by atoms with Crippen LogP contribution in [-0.2, 0) is 6.42 Å². The standard InChI is InChI=1S/C13H17N3.C11H14FN/c1-3-14-13-11(1)12(2-4-15-13)16-7-9-5-10(6-9)8-16;12-10-5-4-6-11(9-10)13-7-2-1-3-8-13/h2,4,9-10H,1,3,5-8H2,(H,14,15);4-6,9H,1-3,7-8H2. The van der Waals surface area contributed by atoms with Crippen LogP contribution in [0.25, 0.3) is 0 Å². The monoisotopic (exact) mass is 394 g/mol. The van der Waals surface area contributed by atoms with Crippen molar-refractivity contribution in [3.8, 4) is 0 Å². The van der Waals surface area contributed by atoms with Crippen molar-refractivity contribution < 1.29 is 4.39 Å². The lowest BCUT2D eigenvalue weighted by Gasteiger charge is -2.48. The van der Waals surface area contributed by atoms with Crippen LogP contribution in [0, 0.1) is 17.7 Å². The van der Waals surface area contributed by atoms with Crippen LogP contribution in [0.15, 0.2) is 36.5 Å². The molecule has 1 aromatic carbocycles. The molecule has 0 spiro atoms. The quantitative estimate of drug-likeness (QED) is 0.799. The van der Waals surface area contributed by atoms with Crippen molar-refractivity contribution in [3.05, 3.63) is 47.9 Å². The summed E-state index contributed by atoms with van der Waals surface area (Å²) in [5, 5.41) is 3.36. The van der Waals surface area contributed by atoms with E-state index in [4.69, 9.17) is 0 Å². The molecule has 3 saturated heterocycles. The topological polar surface area (TPSA) is 31.4 Å². The van der Waals surface area contributed by atoms with Gasteiger partial charge in [-0.2, -0.15) is 0 Å².